The van der Waals surface area contributed by atoms with Gasteiger partial charge in [-0.05, 0) is 23.4 Å². The maximum Gasteiger partial charge on any atom is 0.319 e. The van der Waals surface area contributed by atoms with Crippen molar-refractivity contribution < 1.29 is 9.53 Å². The highest BCUT2D eigenvalue weighted by Gasteiger charge is 2.29. The van der Waals surface area contributed by atoms with Gasteiger partial charge in [0.1, 0.15) is 0 Å². The number of carbonyl (C=O) groups is 1. The smallest absolute Gasteiger partial charge is 0.319 e. The Kier molecular flexibility index (Phi) is 4.52. The number of ether oxygens (including phenoxy) is 1. The standard InChI is InChI=1S/C16H18N2O2S/c19-16(18-14-7-9-21-11-14)17-10-13-6-8-20-15(13)12-4-2-1-3-5-12/h1-5,7,9,11,13,15H,6,8,10H2,(H2,17,18,19)/t13-,15-/m1/s1. The van der Waals surface area contributed by atoms with Gasteiger partial charge in [-0.2, -0.15) is 11.3 Å². The Morgan fingerprint density at radius 1 is 1.29 bits per heavy atom. The zero-order valence-electron chi connectivity index (χ0n) is 11.6. The van der Waals surface area contributed by atoms with Crippen LogP contribution in [0.5, 0.6) is 0 Å². The molecule has 1 fully saturated rings. The Morgan fingerprint density at radius 3 is 2.90 bits per heavy atom. The first-order chi connectivity index (χ1) is 10.3. The molecule has 2 atom stereocenters. The minimum Gasteiger partial charge on any atom is -0.373 e. The van der Waals surface area contributed by atoms with Crippen LogP contribution in [-0.4, -0.2) is 19.2 Å². The van der Waals surface area contributed by atoms with E-state index >= 15 is 0 Å². The van der Waals surface area contributed by atoms with Gasteiger partial charge in [-0.15, -0.1) is 0 Å². The number of benzene rings is 1. The fourth-order valence-electron chi connectivity index (χ4n) is 2.59. The van der Waals surface area contributed by atoms with Crippen LogP contribution in [0.1, 0.15) is 18.1 Å². The molecule has 2 heterocycles. The minimum absolute atomic E-state index is 0.0765. The van der Waals surface area contributed by atoms with E-state index in [1.54, 1.807) is 11.3 Å². The zero-order chi connectivity index (χ0) is 14.5. The van der Waals surface area contributed by atoms with E-state index in [1.165, 1.54) is 5.56 Å². The lowest BCUT2D eigenvalue weighted by Crippen LogP contribution is -2.33. The summed E-state index contributed by atoms with van der Waals surface area (Å²) >= 11 is 1.56. The third kappa shape index (κ3) is 3.62. The van der Waals surface area contributed by atoms with Crippen LogP contribution in [0.25, 0.3) is 0 Å². The highest BCUT2D eigenvalue weighted by molar-refractivity contribution is 7.08. The van der Waals surface area contributed by atoms with Gasteiger partial charge in [0, 0.05) is 24.4 Å². The van der Waals surface area contributed by atoms with Gasteiger partial charge in [0.15, 0.2) is 0 Å². The van der Waals surface area contributed by atoms with Gasteiger partial charge in [-0.25, -0.2) is 4.79 Å². The van der Waals surface area contributed by atoms with Gasteiger partial charge < -0.3 is 15.4 Å². The molecule has 0 radical (unpaired) electrons. The second kappa shape index (κ2) is 6.74. The molecule has 0 bridgehead atoms. The van der Waals surface area contributed by atoms with Crippen LogP contribution in [0.4, 0.5) is 10.5 Å². The molecule has 0 saturated carbocycles. The first-order valence-electron chi connectivity index (χ1n) is 7.06. The first kappa shape index (κ1) is 14.1. The van der Waals surface area contributed by atoms with Crippen molar-refractivity contribution in [3.8, 4) is 0 Å². The van der Waals surface area contributed by atoms with E-state index in [1.807, 2.05) is 35.0 Å². The summed E-state index contributed by atoms with van der Waals surface area (Å²) in [5.74, 6) is 0.320. The summed E-state index contributed by atoms with van der Waals surface area (Å²) in [5.41, 5.74) is 2.01. The molecule has 2 aromatic rings. The van der Waals surface area contributed by atoms with Crippen molar-refractivity contribution in [2.45, 2.75) is 12.5 Å². The van der Waals surface area contributed by atoms with Crippen LogP contribution in [0.15, 0.2) is 47.2 Å². The molecule has 21 heavy (non-hydrogen) atoms. The van der Waals surface area contributed by atoms with Crippen LogP contribution in [0, 0.1) is 5.92 Å². The Hall–Kier alpha value is -1.85. The first-order valence-corrected chi connectivity index (χ1v) is 8.01. The van der Waals surface area contributed by atoms with Gasteiger partial charge in [-0.3, -0.25) is 0 Å². The summed E-state index contributed by atoms with van der Waals surface area (Å²) < 4.78 is 5.82. The summed E-state index contributed by atoms with van der Waals surface area (Å²) in [6.07, 6.45) is 1.05. The molecule has 2 N–H and O–H groups in total. The Morgan fingerprint density at radius 2 is 2.14 bits per heavy atom. The monoisotopic (exact) mass is 302 g/mol. The minimum atomic E-state index is -0.160. The average molecular weight is 302 g/mol. The van der Waals surface area contributed by atoms with Gasteiger partial charge in [0.2, 0.25) is 0 Å². The molecule has 1 aliphatic heterocycles. The van der Waals surface area contributed by atoms with E-state index in [4.69, 9.17) is 4.74 Å². The van der Waals surface area contributed by atoms with Crippen LogP contribution in [0.2, 0.25) is 0 Å². The quantitative estimate of drug-likeness (QED) is 0.906. The van der Waals surface area contributed by atoms with E-state index in [0.717, 1.165) is 18.7 Å². The molecule has 4 nitrogen and oxygen atoms in total. The van der Waals surface area contributed by atoms with Gasteiger partial charge in [0.05, 0.1) is 11.8 Å². The number of anilines is 1. The molecule has 1 aliphatic rings. The van der Waals surface area contributed by atoms with Crippen molar-refractivity contribution in [1.82, 2.24) is 5.32 Å². The van der Waals surface area contributed by atoms with Crippen molar-refractivity contribution in [2.75, 3.05) is 18.5 Å². The molecule has 110 valence electrons. The average Bonchev–Trinajstić information content (AvgIpc) is 3.17. The Balaban J connectivity index is 1.53. The van der Waals surface area contributed by atoms with Crippen molar-refractivity contribution in [1.29, 1.82) is 0 Å². The lowest BCUT2D eigenvalue weighted by atomic mass is 9.95. The van der Waals surface area contributed by atoms with Crippen LogP contribution in [-0.2, 0) is 4.74 Å². The number of urea groups is 1. The van der Waals surface area contributed by atoms with Crippen LogP contribution in [0.3, 0.4) is 0 Å². The third-order valence-corrected chi connectivity index (χ3v) is 4.33. The fraction of sp³-hybridized carbons (Fsp3) is 0.312. The number of thiophene rings is 1. The largest absolute Gasteiger partial charge is 0.373 e. The molecule has 5 heteroatoms. The molecule has 1 saturated heterocycles. The third-order valence-electron chi connectivity index (χ3n) is 3.65. The molecule has 1 aromatic carbocycles. The molecule has 1 aromatic heterocycles. The summed E-state index contributed by atoms with van der Waals surface area (Å²) in [7, 11) is 0. The molecule has 2 amide bonds. The SMILES string of the molecule is O=C(NC[C@H]1CCO[C@@H]1c1ccccc1)Nc1ccsc1. The van der Waals surface area contributed by atoms with E-state index in [2.05, 4.69) is 22.8 Å². The summed E-state index contributed by atoms with van der Waals surface area (Å²) in [6, 6.07) is 11.9. The van der Waals surface area contributed by atoms with E-state index in [-0.39, 0.29) is 12.1 Å². The highest BCUT2D eigenvalue weighted by Crippen LogP contribution is 2.33. The highest BCUT2D eigenvalue weighted by atomic mass is 32.1. The van der Waals surface area contributed by atoms with Gasteiger partial charge in [-0.1, -0.05) is 30.3 Å². The summed E-state index contributed by atoms with van der Waals surface area (Å²) in [4.78, 5) is 11.9. The van der Waals surface area contributed by atoms with Crippen molar-refractivity contribution in [3.63, 3.8) is 0 Å². The van der Waals surface area contributed by atoms with E-state index in [0.29, 0.717) is 12.5 Å². The molecule has 0 aliphatic carbocycles. The number of hydrogen-bond acceptors (Lipinski definition) is 3. The van der Waals surface area contributed by atoms with Crippen molar-refractivity contribution >= 4 is 23.1 Å². The number of hydrogen-bond donors (Lipinski definition) is 2. The zero-order valence-corrected chi connectivity index (χ0v) is 12.4. The molecule has 0 spiro atoms. The molecule has 3 rings (SSSR count). The van der Waals surface area contributed by atoms with Crippen molar-refractivity contribution in [2.24, 2.45) is 5.92 Å². The van der Waals surface area contributed by atoms with E-state index < -0.39 is 0 Å². The maximum absolute atomic E-state index is 11.9. The van der Waals surface area contributed by atoms with Gasteiger partial charge >= 0.3 is 6.03 Å². The number of rotatable bonds is 4. The fourth-order valence-corrected chi connectivity index (χ4v) is 3.18. The van der Waals surface area contributed by atoms with Gasteiger partial charge in [0.25, 0.3) is 0 Å². The number of amides is 2. The van der Waals surface area contributed by atoms with E-state index in [9.17, 15) is 4.79 Å². The summed E-state index contributed by atoms with van der Waals surface area (Å²) in [5, 5.41) is 9.60. The second-order valence-corrected chi connectivity index (χ2v) is 5.88. The topological polar surface area (TPSA) is 50.4 Å². The van der Waals surface area contributed by atoms with Crippen LogP contribution < -0.4 is 10.6 Å². The normalized spacial score (nSPS) is 21.1. The lowest BCUT2D eigenvalue weighted by Gasteiger charge is -2.19. The Bertz CT molecular complexity index is 571. The molecular weight excluding hydrogens is 284 g/mol. The maximum atomic E-state index is 11.9. The predicted octanol–water partition coefficient (Wildman–Crippen LogP) is 3.65. The molecule has 0 unspecified atom stereocenters. The van der Waals surface area contributed by atoms with Crippen molar-refractivity contribution in [3.05, 3.63) is 52.7 Å². The lowest BCUT2D eigenvalue weighted by molar-refractivity contribution is 0.0911. The molecular formula is C16H18N2O2S. The number of carbonyl (C=O) groups excluding carboxylic acids is 1. The Labute approximate surface area is 128 Å². The predicted molar refractivity (Wildman–Crippen MR) is 84.6 cm³/mol. The second-order valence-electron chi connectivity index (χ2n) is 5.10. The van der Waals surface area contributed by atoms with Crippen LogP contribution >= 0.6 is 11.3 Å². The number of nitrogens with one attached hydrogen (secondary N) is 2. The summed E-state index contributed by atoms with van der Waals surface area (Å²) in [6.45, 7) is 1.37.